The number of rotatable bonds is 9. The van der Waals surface area contributed by atoms with Gasteiger partial charge in [0.15, 0.2) is 0 Å². The SMILES string of the molecule is C=CC(=O)N(C)C1CCC(C2CCC(CCCCCCC)CC2)CC1. The molecule has 0 saturated heterocycles. The molecule has 0 bridgehead atoms. The van der Waals surface area contributed by atoms with Gasteiger partial charge in [-0.2, -0.15) is 0 Å². The molecule has 0 unspecified atom stereocenters. The summed E-state index contributed by atoms with van der Waals surface area (Å²) in [5, 5.41) is 0. The fraction of sp³-hybridized carbons (Fsp3) is 0.870. The predicted molar refractivity (Wildman–Crippen MR) is 108 cm³/mol. The van der Waals surface area contributed by atoms with Crippen LogP contribution in [0.2, 0.25) is 0 Å². The number of hydrogen-bond acceptors (Lipinski definition) is 1. The monoisotopic (exact) mass is 347 g/mol. The van der Waals surface area contributed by atoms with Crippen LogP contribution in [-0.2, 0) is 4.79 Å². The molecule has 0 atom stereocenters. The van der Waals surface area contributed by atoms with Gasteiger partial charge in [-0.1, -0.05) is 64.9 Å². The first-order chi connectivity index (χ1) is 12.2. The smallest absolute Gasteiger partial charge is 0.245 e. The maximum Gasteiger partial charge on any atom is 0.245 e. The van der Waals surface area contributed by atoms with Crippen LogP contribution in [0.5, 0.6) is 0 Å². The lowest BCUT2D eigenvalue weighted by Gasteiger charge is -2.40. The Bertz CT molecular complexity index is 389. The summed E-state index contributed by atoms with van der Waals surface area (Å²) < 4.78 is 0. The maximum atomic E-state index is 11.8. The van der Waals surface area contributed by atoms with Crippen molar-refractivity contribution in [1.82, 2.24) is 4.90 Å². The minimum absolute atomic E-state index is 0.0860. The van der Waals surface area contributed by atoms with Crippen molar-refractivity contribution < 1.29 is 4.79 Å². The van der Waals surface area contributed by atoms with Crippen LogP contribution in [-0.4, -0.2) is 23.9 Å². The number of amides is 1. The van der Waals surface area contributed by atoms with Crippen LogP contribution < -0.4 is 0 Å². The van der Waals surface area contributed by atoms with Crippen molar-refractivity contribution in [2.75, 3.05) is 7.05 Å². The van der Waals surface area contributed by atoms with Gasteiger partial charge in [0.25, 0.3) is 0 Å². The Kier molecular flexibility index (Phi) is 9.06. The number of carbonyl (C=O) groups is 1. The summed E-state index contributed by atoms with van der Waals surface area (Å²) in [7, 11) is 1.95. The third-order valence-electron chi connectivity index (χ3n) is 7.09. The van der Waals surface area contributed by atoms with Crippen LogP contribution in [0.15, 0.2) is 12.7 Å². The average molecular weight is 348 g/mol. The van der Waals surface area contributed by atoms with Gasteiger partial charge < -0.3 is 4.90 Å². The van der Waals surface area contributed by atoms with Crippen molar-refractivity contribution in [2.24, 2.45) is 17.8 Å². The molecule has 2 aliphatic carbocycles. The molecule has 1 amide bonds. The Morgan fingerprint density at radius 2 is 1.48 bits per heavy atom. The molecule has 2 rings (SSSR count). The zero-order chi connectivity index (χ0) is 18.1. The second-order valence-electron chi connectivity index (χ2n) is 8.71. The molecule has 25 heavy (non-hydrogen) atoms. The van der Waals surface area contributed by atoms with Crippen molar-refractivity contribution >= 4 is 5.91 Å². The summed E-state index contributed by atoms with van der Waals surface area (Å²) >= 11 is 0. The van der Waals surface area contributed by atoms with E-state index in [9.17, 15) is 4.79 Å². The topological polar surface area (TPSA) is 20.3 Å². The van der Waals surface area contributed by atoms with Gasteiger partial charge in [0.05, 0.1) is 0 Å². The quantitative estimate of drug-likeness (QED) is 0.351. The molecule has 0 spiro atoms. The highest BCUT2D eigenvalue weighted by Gasteiger charge is 2.32. The molecule has 2 fully saturated rings. The van der Waals surface area contributed by atoms with Gasteiger partial charge in [0, 0.05) is 13.1 Å². The van der Waals surface area contributed by atoms with Crippen LogP contribution in [0, 0.1) is 17.8 Å². The Hall–Kier alpha value is -0.790. The molecule has 0 N–H and O–H groups in total. The van der Waals surface area contributed by atoms with Crippen LogP contribution in [0.1, 0.15) is 96.8 Å². The van der Waals surface area contributed by atoms with Crippen molar-refractivity contribution in [1.29, 1.82) is 0 Å². The van der Waals surface area contributed by atoms with E-state index in [2.05, 4.69) is 13.5 Å². The largest absolute Gasteiger partial charge is 0.339 e. The van der Waals surface area contributed by atoms with Crippen molar-refractivity contribution in [3.8, 4) is 0 Å². The standard InChI is InChI=1S/C23H41NO/c1-4-6-7-8-9-10-19-11-13-20(14-12-19)21-15-17-22(18-16-21)24(3)23(25)5-2/h5,19-22H,2,4,6-18H2,1,3H3. The molecule has 0 heterocycles. The molecule has 0 aromatic rings. The molecule has 2 saturated carbocycles. The van der Waals surface area contributed by atoms with Gasteiger partial charge >= 0.3 is 0 Å². The average Bonchev–Trinajstić information content (AvgIpc) is 2.67. The third-order valence-corrected chi connectivity index (χ3v) is 7.09. The van der Waals surface area contributed by atoms with E-state index in [1.807, 2.05) is 11.9 Å². The number of hydrogen-bond donors (Lipinski definition) is 0. The van der Waals surface area contributed by atoms with Crippen LogP contribution in [0.4, 0.5) is 0 Å². The minimum Gasteiger partial charge on any atom is -0.339 e. The van der Waals surface area contributed by atoms with Crippen molar-refractivity contribution in [2.45, 2.75) is 103 Å². The van der Waals surface area contributed by atoms with Crippen LogP contribution in [0.3, 0.4) is 0 Å². The van der Waals surface area contributed by atoms with Crippen LogP contribution >= 0.6 is 0 Å². The van der Waals surface area contributed by atoms with E-state index in [-0.39, 0.29) is 5.91 Å². The van der Waals surface area contributed by atoms with E-state index in [4.69, 9.17) is 0 Å². The first-order valence-electron chi connectivity index (χ1n) is 11.0. The van der Waals surface area contributed by atoms with Gasteiger partial charge in [-0.05, 0) is 62.4 Å². The zero-order valence-electron chi connectivity index (χ0n) is 16.8. The Morgan fingerprint density at radius 1 is 0.920 bits per heavy atom. The maximum absolute atomic E-state index is 11.8. The highest BCUT2D eigenvalue weighted by Crippen LogP contribution is 2.41. The highest BCUT2D eigenvalue weighted by atomic mass is 16.2. The molecule has 2 nitrogen and oxygen atoms in total. The molecule has 2 heteroatoms. The molecule has 144 valence electrons. The predicted octanol–water partition coefficient (Wildman–Crippen LogP) is 6.36. The van der Waals surface area contributed by atoms with E-state index in [0.29, 0.717) is 6.04 Å². The Labute approximate surface area is 156 Å². The molecule has 0 aromatic heterocycles. The van der Waals surface area contributed by atoms with Gasteiger partial charge in [-0.15, -0.1) is 0 Å². The van der Waals surface area contributed by atoms with E-state index in [1.165, 1.54) is 96.0 Å². The number of likely N-dealkylation sites (N-methyl/N-ethyl adjacent to an activating group) is 1. The lowest BCUT2D eigenvalue weighted by molar-refractivity contribution is -0.127. The number of nitrogens with zero attached hydrogens (tertiary/aromatic N) is 1. The molecular formula is C23H41NO. The number of unbranched alkanes of at least 4 members (excludes halogenated alkanes) is 4. The van der Waals surface area contributed by atoms with E-state index in [0.717, 1.165) is 17.8 Å². The summed E-state index contributed by atoms with van der Waals surface area (Å²) in [5.41, 5.74) is 0. The van der Waals surface area contributed by atoms with Crippen molar-refractivity contribution in [3.05, 3.63) is 12.7 Å². The van der Waals surface area contributed by atoms with Crippen molar-refractivity contribution in [3.63, 3.8) is 0 Å². The van der Waals surface area contributed by atoms with Crippen LogP contribution in [0.25, 0.3) is 0 Å². The first kappa shape index (κ1) is 20.5. The third kappa shape index (κ3) is 6.46. The molecule has 0 radical (unpaired) electrons. The summed E-state index contributed by atoms with van der Waals surface area (Å²) in [6.45, 7) is 5.91. The molecule has 0 aromatic carbocycles. The fourth-order valence-corrected chi connectivity index (χ4v) is 5.27. The van der Waals surface area contributed by atoms with E-state index >= 15 is 0 Å². The Morgan fingerprint density at radius 3 is 2.04 bits per heavy atom. The van der Waals surface area contributed by atoms with Gasteiger partial charge in [0.2, 0.25) is 5.91 Å². The summed E-state index contributed by atoms with van der Waals surface area (Å²) in [6.07, 6.45) is 21.0. The van der Waals surface area contributed by atoms with E-state index in [1.54, 1.807) is 0 Å². The zero-order valence-corrected chi connectivity index (χ0v) is 16.8. The van der Waals surface area contributed by atoms with Gasteiger partial charge in [-0.25, -0.2) is 0 Å². The summed E-state index contributed by atoms with van der Waals surface area (Å²) in [6, 6.07) is 0.446. The molecule has 0 aliphatic heterocycles. The summed E-state index contributed by atoms with van der Waals surface area (Å²) in [4.78, 5) is 13.7. The second kappa shape index (κ2) is 11.0. The minimum atomic E-state index is 0.0860. The molecular weight excluding hydrogens is 306 g/mol. The fourth-order valence-electron chi connectivity index (χ4n) is 5.27. The highest BCUT2D eigenvalue weighted by molar-refractivity contribution is 5.87. The van der Waals surface area contributed by atoms with Gasteiger partial charge in [0.1, 0.15) is 0 Å². The molecule has 2 aliphatic rings. The van der Waals surface area contributed by atoms with Gasteiger partial charge in [-0.3, -0.25) is 4.79 Å². The first-order valence-corrected chi connectivity index (χ1v) is 11.0. The number of carbonyl (C=O) groups excluding carboxylic acids is 1. The lowest BCUT2D eigenvalue weighted by atomic mass is 9.69. The Balaban J connectivity index is 1.62. The summed E-state index contributed by atoms with van der Waals surface area (Å²) in [5.74, 6) is 3.00. The normalized spacial score (nSPS) is 30.0. The lowest BCUT2D eigenvalue weighted by Crippen LogP contribution is -2.39. The second-order valence-corrected chi connectivity index (χ2v) is 8.71. The van der Waals surface area contributed by atoms with E-state index < -0.39 is 0 Å².